The zero-order chi connectivity index (χ0) is 8.81. The summed E-state index contributed by atoms with van der Waals surface area (Å²) in [5.74, 6) is 0. The van der Waals surface area contributed by atoms with E-state index in [0.29, 0.717) is 0 Å². The maximum absolute atomic E-state index is 10.9. The molecule has 12 heavy (non-hydrogen) atoms. The minimum absolute atomic E-state index is 0.0167. The first kappa shape index (κ1) is 9.00. The van der Waals surface area contributed by atoms with Crippen molar-refractivity contribution in [3.63, 3.8) is 0 Å². The summed E-state index contributed by atoms with van der Waals surface area (Å²) >= 11 is 0. The van der Waals surface area contributed by atoms with Gasteiger partial charge in [-0.3, -0.25) is 4.79 Å². The number of hydrogen-bond donors (Lipinski definition) is 2. The van der Waals surface area contributed by atoms with Crippen molar-refractivity contribution in [1.82, 2.24) is 10.3 Å². The molecule has 0 unspecified atom stereocenters. The van der Waals surface area contributed by atoms with E-state index in [1.807, 2.05) is 13.1 Å². The monoisotopic (exact) mass is 166 g/mol. The lowest BCUT2D eigenvalue weighted by molar-refractivity contribution is 0.714. The Bertz CT molecular complexity index is 280. The Hall–Kier alpha value is -1.09. The third kappa shape index (κ3) is 2.88. The van der Waals surface area contributed by atoms with Gasteiger partial charge >= 0.3 is 0 Å². The van der Waals surface area contributed by atoms with Crippen molar-refractivity contribution in [2.45, 2.75) is 12.8 Å². The highest BCUT2D eigenvalue weighted by Crippen LogP contribution is 1.94. The zero-order valence-corrected chi connectivity index (χ0v) is 7.26. The van der Waals surface area contributed by atoms with Crippen LogP contribution in [0, 0.1) is 0 Å². The molecule has 1 aromatic rings. The topological polar surface area (TPSA) is 44.9 Å². The van der Waals surface area contributed by atoms with Gasteiger partial charge in [-0.1, -0.05) is 6.07 Å². The molecule has 1 rings (SSSR count). The molecule has 0 aliphatic heterocycles. The Kier molecular flexibility index (Phi) is 3.54. The average Bonchev–Trinajstić information content (AvgIpc) is 2.05. The van der Waals surface area contributed by atoms with Gasteiger partial charge in [0.15, 0.2) is 0 Å². The van der Waals surface area contributed by atoms with E-state index in [2.05, 4.69) is 10.3 Å². The van der Waals surface area contributed by atoms with Gasteiger partial charge in [-0.05, 0) is 32.5 Å². The van der Waals surface area contributed by atoms with Crippen molar-refractivity contribution in [2.24, 2.45) is 0 Å². The third-order valence-electron chi connectivity index (χ3n) is 1.70. The highest BCUT2D eigenvalue weighted by molar-refractivity contribution is 5.03. The van der Waals surface area contributed by atoms with Gasteiger partial charge in [0.2, 0.25) is 5.56 Å². The summed E-state index contributed by atoms with van der Waals surface area (Å²) in [7, 11) is 1.92. The molecule has 0 saturated carbocycles. The number of aromatic nitrogens is 1. The number of hydrogen-bond acceptors (Lipinski definition) is 2. The number of nitrogens with one attached hydrogen (secondary N) is 2. The summed E-state index contributed by atoms with van der Waals surface area (Å²) in [6.07, 6.45) is 1.98. The number of H-pyrrole nitrogens is 1. The van der Waals surface area contributed by atoms with Crippen LogP contribution in [0.4, 0.5) is 0 Å². The van der Waals surface area contributed by atoms with Crippen LogP contribution in [0.25, 0.3) is 0 Å². The first-order valence-electron chi connectivity index (χ1n) is 4.16. The standard InChI is InChI=1S/C9H14N2O/c1-10-7-3-5-8-4-2-6-9(12)11-8/h2,4,6,10H,3,5,7H2,1H3,(H,11,12). The van der Waals surface area contributed by atoms with E-state index >= 15 is 0 Å². The van der Waals surface area contributed by atoms with Crippen LogP contribution in [0.15, 0.2) is 23.0 Å². The molecular formula is C9H14N2O. The molecule has 0 radical (unpaired) electrons. The van der Waals surface area contributed by atoms with Gasteiger partial charge < -0.3 is 10.3 Å². The van der Waals surface area contributed by atoms with Gasteiger partial charge in [0, 0.05) is 11.8 Å². The van der Waals surface area contributed by atoms with E-state index < -0.39 is 0 Å². The van der Waals surface area contributed by atoms with Crippen molar-refractivity contribution in [1.29, 1.82) is 0 Å². The molecule has 3 nitrogen and oxygen atoms in total. The summed E-state index contributed by atoms with van der Waals surface area (Å²) in [6.45, 7) is 0.983. The summed E-state index contributed by atoms with van der Waals surface area (Å²) in [4.78, 5) is 13.6. The normalized spacial score (nSPS) is 10.1. The Morgan fingerprint density at radius 3 is 3.00 bits per heavy atom. The van der Waals surface area contributed by atoms with Crippen LogP contribution < -0.4 is 10.9 Å². The van der Waals surface area contributed by atoms with Crippen LogP contribution in [-0.4, -0.2) is 18.6 Å². The second-order valence-corrected chi connectivity index (χ2v) is 2.75. The predicted octanol–water partition coefficient (Wildman–Crippen LogP) is 0.527. The molecule has 0 fully saturated rings. The molecule has 1 aromatic heterocycles. The quantitative estimate of drug-likeness (QED) is 0.641. The van der Waals surface area contributed by atoms with Crippen molar-refractivity contribution in [2.75, 3.05) is 13.6 Å². The lowest BCUT2D eigenvalue weighted by atomic mass is 10.2. The van der Waals surface area contributed by atoms with Crippen LogP contribution >= 0.6 is 0 Å². The number of aromatic amines is 1. The van der Waals surface area contributed by atoms with Crippen molar-refractivity contribution in [3.05, 3.63) is 34.2 Å². The van der Waals surface area contributed by atoms with Gasteiger partial charge in [-0.25, -0.2) is 0 Å². The highest BCUT2D eigenvalue weighted by atomic mass is 16.1. The van der Waals surface area contributed by atoms with Gasteiger partial charge in [-0.15, -0.1) is 0 Å². The Morgan fingerprint density at radius 1 is 1.50 bits per heavy atom. The molecule has 0 aromatic carbocycles. The molecule has 66 valence electrons. The number of pyridine rings is 1. The Balaban J connectivity index is 2.47. The van der Waals surface area contributed by atoms with Crippen LogP contribution in [0.2, 0.25) is 0 Å². The SMILES string of the molecule is CNCCCc1cccc(=O)[nH]1. The second-order valence-electron chi connectivity index (χ2n) is 2.75. The minimum Gasteiger partial charge on any atom is -0.326 e. The van der Waals surface area contributed by atoms with Crippen LogP contribution in [-0.2, 0) is 6.42 Å². The summed E-state index contributed by atoms with van der Waals surface area (Å²) < 4.78 is 0. The Labute approximate surface area is 71.8 Å². The maximum Gasteiger partial charge on any atom is 0.248 e. The number of aryl methyl sites for hydroxylation is 1. The van der Waals surface area contributed by atoms with Gasteiger partial charge in [0.1, 0.15) is 0 Å². The first-order chi connectivity index (χ1) is 5.83. The smallest absolute Gasteiger partial charge is 0.248 e. The molecule has 0 atom stereocenters. The zero-order valence-electron chi connectivity index (χ0n) is 7.26. The molecule has 0 bridgehead atoms. The molecule has 0 spiro atoms. The second kappa shape index (κ2) is 4.72. The van der Waals surface area contributed by atoms with E-state index in [-0.39, 0.29) is 5.56 Å². The fraction of sp³-hybridized carbons (Fsp3) is 0.444. The van der Waals surface area contributed by atoms with Crippen LogP contribution in [0.5, 0.6) is 0 Å². The third-order valence-corrected chi connectivity index (χ3v) is 1.70. The van der Waals surface area contributed by atoms with Crippen LogP contribution in [0.1, 0.15) is 12.1 Å². The lowest BCUT2D eigenvalue weighted by Crippen LogP contribution is -2.11. The van der Waals surface area contributed by atoms with E-state index in [0.717, 1.165) is 25.1 Å². The number of rotatable bonds is 4. The Morgan fingerprint density at radius 2 is 2.33 bits per heavy atom. The lowest BCUT2D eigenvalue weighted by Gasteiger charge is -1.99. The molecular weight excluding hydrogens is 152 g/mol. The summed E-state index contributed by atoms with van der Waals surface area (Å²) in [6, 6.07) is 5.26. The molecule has 0 amide bonds. The largest absolute Gasteiger partial charge is 0.326 e. The van der Waals surface area contributed by atoms with Crippen molar-refractivity contribution < 1.29 is 0 Å². The molecule has 3 heteroatoms. The van der Waals surface area contributed by atoms with E-state index in [9.17, 15) is 4.79 Å². The fourth-order valence-corrected chi connectivity index (χ4v) is 1.09. The van der Waals surface area contributed by atoms with Gasteiger partial charge in [0.25, 0.3) is 0 Å². The van der Waals surface area contributed by atoms with Crippen molar-refractivity contribution in [3.8, 4) is 0 Å². The van der Waals surface area contributed by atoms with Crippen molar-refractivity contribution >= 4 is 0 Å². The highest BCUT2D eigenvalue weighted by Gasteiger charge is 1.91. The summed E-state index contributed by atoms with van der Waals surface area (Å²) in [5.41, 5.74) is 0.995. The van der Waals surface area contributed by atoms with E-state index in [4.69, 9.17) is 0 Å². The van der Waals surface area contributed by atoms with E-state index in [1.54, 1.807) is 6.07 Å². The summed E-state index contributed by atoms with van der Waals surface area (Å²) in [5, 5.41) is 3.06. The average molecular weight is 166 g/mol. The fourth-order valence-electron chi connectivity index (χ4n) is 1.09. The predicted molar refractivity (Wildman–Crippen MR) is 49.3 cm³/mol. The van der Waals surface area contributed by atoms with E-state index in [1.165, 1.54) is 6.07 Å². The minimum atomic E-state index is -0.0167. The first-order valence-corrected chi connectivity index (χ1v) is 4.16. The molecule has 0 aliphatic rings. The maximum atomic E-state index is 10.9. The van der Waals surface area contributed by atoms with Gasteiger partial charge in [0.05, 0.1) is 0 Å². The van der Waals surface area contributed by atoms with Crippen LogP contribution in [0.3, 0.4) is 0 Å². The molecule has 0 aliphatic carbocycles. The molecule has 0 saturated heterocycles. The molecule has 2 N–H and O–H groups in total. The van der Waals surface area contributed by atoms with Gasteiger partial charge in [-0.2, -0.15) is 0 Å². The molecule has 1 heterocycles.